The van der Waals surface area contributed by atoms with Gasteiger partial charge in [-0.1, -0.05) is 22.9 Å². The molecule has 1 aromatic heterocycles. The molecule has 2 N–H and O–H groups in total. The number of hydrogen-bond donors (Lipinski definition) is 2. The Morgan fingerprint density at radius 1 is 1.22 bits per heavy atom. The van der Waals surface area contributed by atoms with E-state index in [2.05, 4.69) is 38.2 Å². The fraction of sp³-hybridized carbons (Fsp3) is 0. The maximum atomic E-state index is 12.1. The molecule has 3 rings (SSSR count). The zero-order valence-electron chi connectivity index (χ0n) is 11.5. The number of nitrogens with zero attached hydrogens (tertiary/aromatic N) is 1. The lowest BCUT2D eigenvalue weighted by Crippen LogP contribution is -2.34. The third-order valence-electron chi connectivity index (χ3n) is 2.90. The standard InChI is InChI=1S/C15H9ClIN3OS2/c16-9-3-6-11-12(7-9)23-15(18-11)20-14(22)19-13(21)8-1-4-10(17)5-2-8/h1-7H,(H2,18,19,20,21,22). The summed E-state index contributed by atoms with van der Waals surface area (Å²) >= 11 is 14.7. The summed E-state index contributed by atoms with van der Waals surface area (Å²) < 4.78 is 2.01. The van der Waals surface area contributed by atoms with Crippen LogP contribution in [0.2, 0.25) is 5.02 Å². The Bertz CT molecular complexity index is 895. The zero-order chi connectivity index (χ0) is 16.4. The lowest BCUT2D eigenvalue weighted by molar-refractivity contribution is 0.0977. The molecule has 4 nitrogen and oxygen atoms in total. The summed E-state index contributed by atoms with van der Waals surface area (Å²) in [4.78, 5) is 16.5. The van der Waals surface area contributed by atoms with E-state index in [9.17, 15) is 4.79 Å². The van der Waals surface area contributed by atoms with Crippen molar-refractivity contribution in [3.63, 3.8) is 0 Å². The van der Waals surface area contributed by atoms with E-state index in [0.29, 0.717) is 15.7 Å². The molecule has 0 saturated heterocycles. The first kappa shape index (κ1) is 16.6. The van der Waals surface area contributed by atoms with Crippen LogP contribution in [0.5, 0.6) is 0 Å². The maximum absolute atomic E-state index is 12.1. The van der Waals surface area contributed by atoms with Gasteiger partial charge in [0.25, 0.3) is 5.91 Å². The Morgan fingerprint density at radius 3 is 2.70 bits per heavy atom. The minimum absolute atomic E-state index is 0.207. The quantitative estimate of drug-likeness (QED) is 0.419. The number of carbonyl (C=O) groups is 1. The van der Waals surface area contributed by atoms with E-state index in [1.165, 1.54) is 11.3 Å². The van der Waals surface area contributed by atoms with Crippen LogP contribution >= 0.6 is 57.7 Å². The van der Waals surface area contributed by atoms with Crippen molar-refractivity contribution in [2.75, 3.05) is 5.32 Å². The van der Waals surface area contributed by atoms with Crippen molar-refractivity contribution in [2.24, 2.45) is 0 Å². The van der Waals surface area contributed by atoms with E-state index >= 15 is 0 Å². The number of amides is 1. The van der Waals surface area contributed by atoms with Crippen LogP contribution in [-0.2, 0) is 0 Å². The van der Waals surface area contributed by atoms with Gasteiger partial charge >= 0.3 is 0 Å². The number of carbonyl (C=O) groups excluding carboxylic acids is 1. The molecule has 23 heavy (non-hydrogen) atoms. The molecule has 0 spiro atoms. The molecule has 0 fully saturated rings. The van der Waals surface area contributed by atoms with Gasteiger partial charge in [0.05, 0.1) is 10.2 Å². The van der Waals surface area contributed by atoms with Gasteiger partial charge in [-0.25, -0.2) is 4.98 Å². The van der Waals surface area contributed by atoms with Gasteiger partial charge in [-0.2, -0.15) is 0 Å². The second-order valence-corrected chi connectivity index (χ2v) is 7.67. The smallest absolute Gasteiger partial charge is 0.257 e. The van der Waals surface area contributed by atoms with Gasteiger partial charge in [-0.05, 0) is 77.3 Å². The number of fused-ring (bicyclic) bond motifs is 1. The fourth-order valence-electron chi connectivity index (χ4n) is 1.86. The van der Waals surface area contributed by atoms with Crippen LogP contribution in [0.4, 0.5) is 5.13 Å². The Hall–Kier alpha value is -1.29. The summed E-state index contributed by atoms with van der Waals surface area (Å²) in [6.07, 6.45) is 0. The summed E-state index contributed by atoms with van der Waals surface area (Å²) in [5.74, 6) is -0.261. The highest BCUT2D eigenvalue weighted by atomic mass is 127. The SMILES string of the molecule is O=C(NC(=S)Nc1nc2ccc(Cl)cc2s1)c1ccc(I)cc1. The predicted octanol–water partition coefficient (Wildman–Crippen LogP) is 4.68. The van der Waals surface area contributed by atoms with E-state index in [1.807, 2.05) is 24.3 Å². The molecule has 1 heterocycles. The van der Waals surface area contributed by atoms with Crippen LogP contribution in [0, 0.1) is 3.57 Å². The lowest BCUT2D eigenvalue weighted by atomic mass is 10.2. The molecule has 0 saturated carbocycles. The highest BCUT2D eigenvalue weighted by Crippen LogP contribution is 2.28. The minimum Gasteiger partial charge on any atom is -0.308 e. The number of aromatic nitrogens is 1. The van der Waals surface area contributed by atoms with Gasteiger partial charge in [0.1, 0.15) is 0 Å². The highest BCUT2D eigenvalue weighted by Gasteiger charge is 2.10. The van der Waals surface area contributed by atoms with E-state index < -0.39 is 0 Å². The average molecular weight is 474 g/mol. The summed E-state index contributed by atoms with van der Waals surface area (Å²) in [7, 11) is 0. The van der Waals surface area contributed by atoms with Crippen molar-refractivity contribution in [3.8, 4) is 0 Å². The molecule has 116 valence electrons. The summed E-state index contributed by atoms with van der Waals surface area (Å²) in [5.41, 5.74) is 1.37. The first-order valence-corrected chi connectivity index (χ1v) is 9.13. The Balaban J connectivity index is 1.68. The number of benzene rings is 2. The van der Waals surface area contributed by atoms with Gasteiger partial charge in [-0.3, -0.25) is 10.1 Å². The molecule has 0 bridgehead atoms. The normalized spacial score (nSPS) is 10.5. The van der Waals surface area contributed by atoms with Crippen molar-refractivity contribution >= 4 is 84.1 Å². The molecular weight excluding hydrogens is 465 g/mol. The molecule has 0 radical (unpaired) electrons. The molecule has 8 heteroatoms. The molecule has 0 aliphatic rings. The number of anilines is 1. The van der Waals surface area contributed by atoms with Crippen molar-refractivity contribution in [2.45, 2.75) is 0 Å². The van der Waals surface area contributed by atoms with Crippen LogP contribution < -0.4 is 10.6 Å². The number of thiazole rings is 1. The van der Waals surface area contributed by atoms with Gasteiger partial charge in [0.2, 0.25) is 0 Å². The number of hydrogen-bond acceptors (Lipinski definition) is 4. The van der Waals surface area contributed by atoms with E-state index in [-0.39, 0.29) is 11.0 Å². The number of nitrogens with one attached hydrogen (secondary N) is 2. The van der Waals surface area contributed by atoms with Crippen molar-refractivity contribution in [1.29, 1.82) is 0 Å². The monoisotopic (exact) mass is 473 g/mol. The molecule has 0 atom stereocenters. The van der Waals surface area contributed by atoms with E-state index in [0.717, 1.165) is 13.8 Å². The Kier molecular flexibility index (Phi) is 5.10. The van der Waals surface area contributed by atoms with Crippen molar-refractivity contribution in [1.82, 2.24) is 10.3 Å². The number of thiocarbonyl (C=S) groups is 1. The fourth-order valence-corrected chi connectivity index (χ4v) is 3.62. The van der Waals surface area contributed by atoms with Crippen LogP contribution in [0.25, 0.3) is 10.2 Å². The first-order chi connectivity index (χ1) is 11.0. The summed E-state index contributed by atoms with van der Waals surface area (Å²) in [5, 5.41) is 7.03. The molecule has 0 unspecified atom stereocenters. The summed E-state index contributed by atoms with van der Waals surface area (Å²) in [6, 6.07) is 12.7. The predicted molar refractivity (Wildman–Crippen MR) is 107 cm³/mol. The van der Waals surface area contributed by atoms with Gasteiger partial charge in [-0.15, -0.1) is 0 Å². The third kappa shape index (κ3) is 4.17. The topological polar surface area (TPSA) is 54.0 Å². The highest BCUT2D eigenvalue weighted by molar-refractivity contribution is 14.1. The molecule has 1 amide bonds. The van der Waals surface area contributed by atoms with Crippen LogP contribution in [0.1, 0.15) is 10.4 Å². The average Bonchev–Trinajstić information content (AvgIpc) is 2.88. The number of halogens is 2. The van der Waals surface area contributed by atoms with Crippen LogP contribution in [0.3, 0.4) is 0 Å². The van der Waals surface area contributed by atoms with Gasteiger partial charge < -0.3 is 5.32 Å². The first-order valence-electron chi connectivity index (χ1n) is 6.45. The number of rotatable bonds is 2. The Labute approximate surface area is 160 Å². The summed E-state index contributed by atoms with van der Waals surface area (Å²) in [6.45, 7) is 0. The largest absolute Gasteiger partial charge is 0.308 e. The second kappa shape index (κ2) is 7.08. The molecule has 3 aromatic rings. The molecule has 0 aliphatic heterocycles. The Morgan fingerprint density at radius 2 is 1.96 bits per heavy atom. The van der Waals surface area contributed by atoms with Crippen molar-refractivity contribution in [3.05, 3.63) is 56.6 Å². The van der Waals surface area contributed by atoms with E-state index in [4.69, 9.17) is 23.8 Å². The van der Waals surface area contributed by atoms with Gasteiger partial charge in [0, 0.05) is 14.2 Å². The zero-order valence-corrected chi connectivity index (χ0v) is 16.0. The molecule has 0 aliphatic carbocycles. The van der Waals surface area contributed by atoms with Crippen molar-refractivity contribution < 1.29 is 4.79 Å². The lowest BCUT2D eigenvalue weighted by Gasteiger charge is -2.07. The third-order valence-corrected chi connectivity index (χ3v) is 5.00. The maximum Gasteiger partial charge on any atom is 0.257 e. The van der Waals surface area contributed by atoms with Crippen LogP contribution in [-0.4, -0.2) is 16.0 Å². The van der Waals surface area contributed by atoms with E-state index in [1.54, 1.807) is 18.2 Å². The molecular formula is C15H9ClIN3OS2. The second-order valence-electron chi connectivity index (χ2n) is 4.55. The molecule has 2 aromatic carbocycles. The minimum atomic E-state index is -0.261. The van der Waals surface area contributed by atoms with Gasteiger partial charge in [0.15, 0.2) is 10.2 Å². The van der Waals surface area contributed by atoms with Crippen LogP contribution in [0.15, 0.2) is 42.5 Å².